The number of carbonyl (C=O) groups is 1. The van der Waals surface area contributed by atoms with Crippen molar-refractivity contribution in [2.75, 3.05) is 25.5 Å². The first kappa shape index (κ1) is 22.0. The molecule has 26 heavy (non-hydrogen) atoms. The molecule has 0 radical (unpaired) electrons. The molecule has 0 fully saturated rings. The number of guanidine groups is 1. The van der Waals surface area contributed by atoms with E-state index in [1.54, 1.807) is 7.05 Å². The highest BCUT2D eigenvalue weighted by Crippen LogP contribution is 2.09. The molecule has 0 aliphatic heterocycles. The van der Waals surface area contributed by atoms with Crippen LogP contribution in [0.25, 0.3) is 0 Å². The third-order valence-corrected chi connectivity index (χ3v) is 3.75. The number of anilines is 1. The molecule has 0 aromatic heterocycles. The molecular formula is C20H27IN4O. The van der Waals surface area contributed by atoms with Crippen molar-refractivity contribution in [2.45, 2.75) is 19.8 Å². The third kappa shape index (κ3) is 8.33. The summed E-state index contributed by atoms with van der Waals surface area (Å²) in [5, 5.41) is 9.41. The fourth-order valence-corrected chi connectivity index (χ4v) is 2.47. The van der Waals surface area contributed by atoms with Crippen LogP contribution in [0.5, 0.6) is 0 Å². The van der Waals surface area contributed by atoms with E-state index >= 15 is 0 Å². The second-order valence-electron chi connectivity index (χ2n) is 5.79. The Hall–Kier alpha value is -2.09. The van der Waals surface area contributed by atoms with Gasteiger partial charge in [-0.1, -0.05) is 42.5 Å². The predicted octanol–water partition coefficient (Wildman–Crippen LogP) is 3.21. The SMILES string of the molecule is CN=C(NCCc1ccccc1)NCCc1ccc(NC(C)=O)cc1.I. The maximum Gasteiger partial charge on any atom is 0.221 e. The molecule has 1 amide bonds. The summed E-state index contributed by atoms with van der Waals surface area (Å²) in [4.78, 5) is 15.3. The highest BCUT2D eigenvalue weighted by Gasteiger charge is 2.00. The molecule has 3 N–H and O–H groups in total. The number of amides is 1. The van der Waals surface area contributed by atoms with E-state index in [0.29, 0.717) is 0 Å². The largest absolute Gasteiger partial charge is 0.356 e. The van der Waals surface area contributed by atoms with Crippen LogP contribution in [0.2, 0.25) is 0 Å². The second kappa shape index (κ2) is 12.3. The molecule has 0 saturated heterocycles. The van der Waals surface area contributed by atoms with Gasteiger partial charge in [0.05, 0.1) is 0 Å². The molecule has 0 unspecified atom stereocenters. The minimum atomic E-state index is -0.0557. The summed E-state index contributed by atoms with van der Waals surface area (Å²) >= 11 is 0. The average molecular weight is 466 g/mol. The number of hydrogen-bond donors (Lipinski definition) is 3. The first-order valence-corrected chi connectivity index (χ1v) is 8.52. The number of nitrogens with one attached hydrogen (secondary N) is 3. The lowest BCUT2D eigenvalue weighted by Crippen LogP contribution is -2.39. The monoisotopic (exact) mass is 466 g/mol. The Morgan fingerprint density at radius 3 is 1.92 bits per heavy atom. The van der Waals surface area contributed by atoms with Crippen LogP contribution in [-0.2, 0) is 17.6 Å². The first-order valence-electron chi connectivity index (χ1n) is 8.52. The Labute approximate surface area is 172 Å². The van der Waals surface area contributed by atoms with E-state index in [9.17, 15) is 4.79 Å². The fourth-order valence-electron chi connectivity index (χ4n) is 2.47. The smallest absolute Gasteiger partial charge is 0.221 e. The minimum Gasteiger partial charge on any atom is -0.356 e. The van der Waals surface area contributed by atoms with Crippen molar-refractivity contribution in [3.05, 3.63) is 65.7 Å². The molecule has 0 aliphatic rings. The highest BCUT2D eigenvalue weighted by molar-refractivity contribution is 14.0. The van der Waals surface area contributed by atoms with Crippen molar-refractivity contribution < 1.29 is 4.79 Å². The van der Waals surface area contributed by atoms with Crippen LogP contribution in [0.4, 0.5) is 5.69 Å². The van der Waals surface area contributed by atoms with Crippen LogP contribution in [-0.4, -0.2) is 32.0 Å². The van der Waals surface area contributed by atoms with Gasteiger partial charge in [-0.2, -0.15) is 0 Å². The third-order valence-electron chi connectivity index (χ3n) is 3.75. The van der Waals surface area contributed by atoms with Crippen molar-refractivity contribution in [1.82, 2.24) is 10.6 Å². The van der Waals surface area contributed by atoms with Crippen LogP contribution in [0.15, 0.2) is 59.6 Å². The van der Waals surface area contributed by atoms with Gasteiger partial charge in [0.1, 0.15) is 0 Å². The zero-order valence-electron chi connectivity index (χ0n) is 15.3. The van der Waals surface area contributed by atoms with E-state index in [0.717, 1.165) is 37.6 Å². The summed E-state index contributed by atoms with van der Waals surface area (Å²) in [7, 11) is 1.78. The molecular weight excluding hydrogens is 439 g/mol. The average Bonchev–Trinajstić information content (AvgIpc) is 2.62. The quantitative estimate of drug-likeness (QED) is 0.334. The Balaban J connectivity index is 0.00000338. The Morgan fingerprint density at radius 1 is 0.885 bits per heavy atom. The number of carbonyl (C=O) groups excluding carboxylic acids is 1. The molecule has 0 aliphatic carbocycles. The van der Waals surface area contributed by atoms with Crippen LogP contribution in [0.3, 0.4) is 0 Å². The van der Waals surface area contributed by atoms with Gasteiger partial charge in [-0.25, -0.2) is 0 Å². The Kier molecular flexibility index (Phi) is 10.4. The molecule has 2 aromatic rings. The van der Waals surface area contributed by atoms with Gasteiger partial charge in [-0.15, -0.1) is 24.0 Å². The van der Waals surface area contributed by atoms with Crippen molar-refractivity contribution in [3.63, 3.8) is 0 Å². The van der Waals surface area contributed by atoms with E-state index in [2.05, 4.69) is 45.2 Å². The Morgan fingerprint density at radius 2 is 1.42 bits per heavy atom. The fraction of sp³-hybridized carbons (Fsp3) is 0.300. The second-order valence-corrected chi connectivity index (χ2v) is 5.79. The van der Waals surface area contributed by atoms with Crippen molar-refractivity contribution in [2.24, 2.45) is 4.99 Å². The molecule has 2 rings (SSSR count). The summed E-state index contributed by atoms with van der Waals surface area (Å²) in [5.74, 6) is 0.755. The zero-order valence-corrected chi connectivity index (χ0v) is 17.6. The lowest BCUT2D eigenvalue weighted by Gasteiger charge is -2.12. The molecule has 2 aromatic carbocycles. The summed E-state index contributed by atoms with van der Waals surface area (Å²) in [6.45, 7) is 3.15. The molecule has 5 nitrogen and oxygen atoms in total. The number of hydrogen-bond acceptors (Lipinski definition) is 2. The maximum absolute atomic E-state index is 11.0. The van der Waals surface area contributed by atoms with E-state index in [4.69, 9.17) is 0 Å². The lowest BCUT2D eigenvalue weighted by molar-refractivity contribution is -0.114. The highest BCUT2D eigenvalue weighted by atomic mass is 127. The number of aliphatic imine (C=N–C) groups is 1. The number of halogens is 1. The van der Waals surface area contributed by atoms with Crippen LogP contribution >= 0.6 is 24.0 Å². The van der Waals surface area contributed by atoms with Crippen molar-refractivity contribution in [1.29, 1.82) is 0 Å². The van der Waals surface area contributed by atoms with Crippen molar-refractivity contribution in [3.8, 4) is 0 Å². The molecule has 140 valence electrons. The molecule has 0 saturated carbocycles. The van der Waals surface area contributed by atoms with E-state index in [-0.39, 0.29) is 29.9 Å². The molecule has 6 heteroatoms. The number of rotatable bonds is 7. The van der Waals surface area contributed by atoms with Crippen molar-refractivity contribution >= 4 is 41.5 Å². The van der Waals surface area contributed by atoms with Gasteiger partial charge >= 0.3 is 0 Å². The summed E-state index contributed by atoms with van der Waals surface area (Å²) in [6, 6.07) is 18.3. The van der Waals surface area contributed by atoms with Gasteiger partial charge in [0, 0.05) is 32.7 Å². The summed E-state index contributed by atoms with van der Waals surface area (Å²) in [5.41, 5.74) is 3.34. The molecule has 0 heterocycles. The van der Waals surface area contributed by atoms with Crippen LogP contribution in [0, 0.1) is 0 Å². The summed E-state index contributed by atoms with van der Waals surface area (Å²) in [6.07, 6.45) is 1.85. The maximum atomic E-state index is 11.0. The topological polar surface area (TPSA) is 65.5 Å². The predicted molar refractivity (Wildman–Crippen MR) is 119 cm³/mol. The van der Waals surface area contributed by atoms with Gasteiger partial charge in [0.15, 0.2) is 5.96 Å². The normalized spacial score (nSPS) is 10.6. The molecule has 0 bridgehead atoms. The standard InChI is InChI=1S/C20H26N4O.HI/c1-16(25)24-19-10-8-18(9-11-19)13-15-23-20(21-2)22-14-12-17-6-4-3-5-7-17;/h3-11H,12-15H2,1-2H3,(H,24,25)(H2,21,22,23);1H. The van der Waals surface area contributed by atoms with Crippen LogP contribution in [0.1, 0.15) is 18.1 Å². The van der Waals surface area contributed by atoms with Gasteiger partial charge in [0.25, 0.3) is 0 Å². The summed E-state index contributed by atoms with van der Waals surface area (Å²) < 4.78 is 0. The van der Waals surface area contributed by atoms with E-state index in [1.165, 1.54) is 18.1 Å². The van der Waals surface area contributed by atoms with E-state index in [1.807, 2.05) is 30.3 Å². The van der Waals surface area contributed by atoms with Gasteiger partial charge in [0.2, 0.25) is 5.91 Å². The Bertz CT molecular complexity index is 687. The number of nitrogens with zero attached hydrogens (tertiary/aromatic N) is 1. The zero-order chi connectivity index (χ0) is 17.9. The minimum absolute atomic E-state index is 0. The van der Waals surface area contributed by atoms with Gasteiger partial charge < -0.3 is 16.0 Å². The lowest BCUT2D eigenvalue weighted by atomic mass is 10.1. The molecule has 0 atom stereocenters. The first-order chi connectivity index (χ1) is 12.2. The van der Waals surface area contributed by atoms with Gasteiger partial charge in [-0.3, -0.25) is 9.79 Å². The van der Waals surface area contributed by atoms with Gasteiger partial charge in [-0.05, 0) is 36.1 Å². The number of benzene rings is 2. The van der Waals surface area contributed by atoms with E-state index < -0.39 is 0 Å². The van der Waals surface area contributed by atoms with Crippen LogP contribution < -0.4 is 16.0 Å². The molecule has 0 spiro atoms.